The summed E-state index contributed by atoms with van der Waals surface area (Å²) in [5.74, 6) is -0.613. The minimum Gasteiger partial charge on any atom is -0.481 e. The molecule has 126 valence electrons. The van der Waals surface area contributed by atoms with Crippen LogP contribution in [0.2, 0.25) is 0 Å². The van der Waals surface area contributed by atoms with E-state index in [-0.39, 0.29) is 18.0 Å². The number of amides is 2. The van der Waals surface area contributed by atoms with E-state index < -0.39 is 11.4 Å². The van der Waals surface area contributed by atoms with Crippen molar-refractivity contribution < 1.29 is 14.7 Å². The number of nitrogens with one attached hydrogen (secondary N) is 1. The van der Waals surface area contributed by atoms with Gasteiger partial charge in [-0.15, -0.1) is 0 Å². The van der Waals surface area contributed by atoms with Crippen molar-refractivity contribution in [3.63, 3.8) is 0 Å². The van der Waals surface area contributed by atoms with Crippen LogP contribution < -0.4 is 5.32 Å². The lowest BCUT2D eigenvalue weighted by Gasteiger charge is -2.28. The molecule has 0 aromatic carbocycles. The molecule has 6 nitrogen and oxygen atoms in total. The van der Waals surface area contributed by atoms with Gasteiger partial charge in [-0.1, -0.05) is 20.3 Å². The number of urea groups is 1. The fraction of sp³-hybridized carbons (Fsp3) is 0.875. The van der Waals surface area contributed by atoms with E-state index in [1.165, 1.54) is 0 Å². The molecule has 0 spiro atoms. The van der Waals surface area contributed by atoms with Crippen LogP contribution in [0.15, 0.2) is 0 Å². The van der Waals surface area contributed by atoms with Crippen LogP contribution in [0.5, 0.6) is 0 Å². The summed E-state index contributed by atoms with van der Waals surface area (Å²) in [5.41, 5.74) is -0.693. The van der Waals surface area contributed by atoms with Gasteiger partial charge in [0.05, 0.1) is 5.41 Å². The van der Waals surface area contributed by atoms with Gasteiger partial charge in [-0.05, 0) is 38.8 Å². The summed E-state index contributed by atoms with van der Waals surface area (Å²) in [6.45, 7) is 9.78. The SMILES string of the molecule is CCN(CC)[C@H](C)CNC(=O)N1C[C@@H]2CCC[C@@]2(C(=O)O)C1. The molecule has 2 N–H and O–H groups in total. The van der Waals surface area contributed by atoms with Crippen molar-refractivity contribution in [1.82, 2.24) is 15.1 Å². The third-order valence-electron chi connectivity index (χ3n) is 5.57. The summed E-state index contributed by atoms with van der Waals surface area (Å²) >= 11 is 0. The Balaban J connectivity index is 1.88. The van der Waals surface area contributed by atoms with E-state index in [1.54, 1.807) is 4.90 Å². The van der Waals surface area contributed by atoms with Crippen molar-refractivity contribution in [3.8, 4) is 0 Å². The van der Waals surface area contributed by atoms with Crippen LogP contribution in [0.3, 0.4) is 0 Å². The van der Waals surface area contributed by atoms with E-state index in [0.29, 0.717) is 26.1 Å². The summed E-state index contributed by atoms with van der Waals surface area (Å²) in [6.07, 6.45) is 2.59. The van der Waals surface area contributed by atoms with E-state index in [9.17, 15) is 14.7 Å². The molecule has 3 atom stereocenters. The molecule has 22 heavy (non-hydrogen) atoms. The average molecular weight is 311 g/mol. The number of likely N-dealkylation sites (tertiary alicyclic amines) is 1. The van der Waals surface area contributed by atoms with Gasteiger partial charge < -0.3 is 15.3 Å². The van der Waals surface area contributed by atoms with Gasteiger partial charge >= 0.3 is 12.0 Å². The Hall–Kier alpha value is -1.30. The Labute approximate surface area is 132 Å². The Morgan fingerprint density at radius 1 is 1.41 bits per heavy atom. The zero-order valence-electron chi connectivity index (χ0n) is 14.0. The highest BCUT2D eigenvalue weighted by atomic mass is 16.4. The summed E-state index contributed by atoms with van der Waals surface area (Å²) in [7, 11) is 0. The molecule has 2 amide bonds. The topological polar surface area (TPSA) is 72.9 Å². The molecule has 1 aliphatic heterocycles. The zero-order chi connectivity index (χ0) is 16.3. The Morgan fingerprint density at radius 3 is 2.64 bits per heavy atom. The molecule has 0 unspecified atom stereocenters. The van der Waals surface area contributed by atoms with Crippen molar-refractivity contribution in [1.29, 1.82) is 0 Å². The molecule has 1 aliphatic carbocycles. The molecule has 1 saturated heterocycles. The highest BCUT2D eigenvalue weighted by molar-refractivity contribution is 5.80. The average Bonchev–Trinajstić information content (AvgIpc) is 3.03. The standard InChI is InChI=1S/C16H29N3O3/c1-4-18(5-2)12(3)9-17-15(22)19-10-13-7-6-8-16(13,11-19)14(20)21/h12-13H,4-11H2,1-3H3,(H,17,22)(H,20,21)/t12-,13+,16-/m1/s1. The summed E-state index contributed by atoms with van der Waals surface area (Å²) in [4.78, 5) is 28.0. The Morgan fingerprint density at radius 2 is 2.09 bits per heavy atom. The highest BCUT2D eigenvalue weighted by Crippen LogP contribution is 2.48. The number of hydrogen-bond acceptors (Lipinski definition) is 3. The first-order valence-electron chi connectivity index (χ1n) is 8.44. The van der Waals surface area contributed by atoms with Crippen LogP contribution in [0.1, 0.15) is 40.0 Å². The zero-order valence-corrected chi connectivity index (χ0v) is 14.0. The van der Waals surface area contributed by atoms with Crippen molar-refractivity contribution in [2.24, 2.45) is 11.3 Å². The first kappa shape index (κ1) is 17.1. The summed E-state index contributed by atoms with van der Waals surface area (Å²) in [6, 6.07) is 0.170. The molecule has 1 saturated carbocycles. The van der Waals surface area contributed by atoms with Crippen molar-refractivity contribution in [3.05, 3.63) is 0 Å². The third kappa shape index (κ3) is 3.07. The Bertz CT molecular complexity index is 425. The van der Waals surface area contributed by atoms with Gasteiger partial charge in [-0.25, -0.2) is 4.79 Å². The first-order chi connectivity index (χ1) is 10.4. The van der Waals surface area contributed by atoms with Crippen LogP contribution in [0.4, 0.5) is 4.79 Å². The van der Waals surface area contributed by atoms with Gasteiger partial charge in [-0.2, -0.15) is 0 Å². The smallest absolute Gasteiger partial charge is 0.317 e. The van der Waals surface area contributed by atoms with Gasteiger partial charge in [0, 0.05) is 25.7 Å². The van der Waals surface area contributed by atoms with E-state index in [1.807, 2.05) is 0 Å². The number of carboxylic acid groups (broad SMARTS) is 1. The van der Waals surface area contributed by atoms with Crippen LogP contribution >= 0.6 is 0 Å². The highest BCUT2D eigenvalue weighted by Gasteiger charge is 2.55. The molecule has 0 radical (unpaired) electrons. The second-order valence-electron chi connectivity index (χ2n) is 6.69. The maximum atomic E-state index is 12.3. The molecule has 2 fully saturated rings. The van der Waals surface area contributed by atoms with Gasteiger partial charge in [0.15, 0.2) is 0 Å². The number of aliphatic carboxylic acids is 1. The number of hydrogen-bond donors (Lipinski definition) is 2. The lowest BCUT2D eigenvalue weighted by molar-refractivity contribution is -0.149. The maximum Gasteiger partial charge on any atom is 0.317 e. The van der Waals surface area contributed by atoms with Gasteiger partial charge in [0.2, 0.25) is 0 Å². The molecule has 0 bridgehead atoms. The van der Waals surface area contributed by atoms with Crippen molar-refractivity contribution in [2.45, 2.75) is 46.1 Å². The third-order valence-corrected chi connectivity index (χ3v) is 5.57. The maximum absolute atomic E-state index is 12.3. The number of rotatable bonds is 6. The molecule has 6 heteroatoms. The predicted octanol–water partition coefficient (Wildman–Crippen LogP) is 1.61. The van der Waals surface area contributed by atoms with Gasteiger partial charge in [0.1, 0.15) is 0 Å². The number of nitrogens with zero attached hydrogens (tertiary/aromatic N) is 2. The molecule has 0 aromatic heterocycles. The fourth-order valence-corrected chi connectivity index (χ4v) is 4.12. The summed E-state index contributed by atoms with van der Waals surface area (Å²) < 4.78 is 0. The second-order valence-corrected chi connectivity index (χ2v) is 6.69. The van der Waals surface area contributed by atoms with E-state index in [2.05, 4.69) is 31.0 Å². The lowest BCUT2D eigenvalue weighted by atomic mass is 9.81. The van der Waals surface area contributed by atoms with Gasteiger partial charge in [-0.3, -0.25) is 9.69 Å². The molecule has 1 heterocycles. The van der Waals surface area contributed by atoms with E-state index in [0.717, 1.165) is 25.9 Å². The quantitative estimate of drug-likeness (QED) is 0.782. The minimum absolute atomic E-state index is 0.117. The van der Waals surface area contributed by atoms with Crippen molar-refractivity contribution >= 4 is 12.0 Å². The number of carboxylic acids is 1. The minimum atomic E-state index is -0.734. The largest absolute Gasteiger partial charge is 0.481 e. The molecule has 0 aromatic rings. The number of carbonyl (C=O) groups is 2. The molecular weight excluding hydrogens is 282 g/mol. The van der Waals surface area contributed by atoms with E-state index in [4.69, 9.17) is 0 Å². The van der Waals surface area contributed by atoms with Crippen LogP contribution in [-0.4, -0.2) is 65.7 Å². The lowest BCUT2D eigenvalue weighted by Crippen LogP contribution is -2.47. The van der Waals surface area contributed by atoms with E-state index >= 15 is 0 Å². The molecule has 2 rings (SSSR count). The predicted molar refractivity (Wildman–Crippen MR) is 84.8 cm³/mol. The van der Waals surface area contributed by atoms with Crippen LogP contribution in [-0.2, 0) is 4.79 Å². The normalized spacial score (nSPS) is 28.7. The fourth-order valence-electron chi connectivity index (χ4n) is 4.12. The van der Waals surface area contributed by atoms with Crippen LogP contribution in [0, 0.1) is 11.3 Å². The molecular formula is C16H29N3O3. The number of fused-ring (bicyclic) bond motifs is 1. The number of carbonyl (C=O) groups excluding carboxylic acids is 1. The second kappa shape index (κ2) is 6.86. The van der Waals surface area contributed by atoms with Gasteiger partial charge in [0.25, 0.3) is 0 Å². The monoisotopic (exact) mass is 311 g/mol. The van der Waals surface area contributed by atoms with Crippen molar-refractivity contribution in [2.75, 3.05) is 32.7 Å². The van der Waals surface area contributed by atoms with Crippen LogP contribution in [0.25, 0.3) is 0 Å². The summed E-state index contributed by atoms with van der Waals surface area (Å²) in [5, 5.41) is 12.5. The Kier molecular flexibility index (Phi) is 5.32. The number of likely N-dealkylation sites (N-methyl/N-ethyl adjacent to an activating group) is 1. The first-order valence-corrected chi connectivity index (χ1v) is 8.44. The molecule has 2 aliphatic rings.